The van der Waals surface area contributed by atoms with Crippen LogP contribution in [0.15, 0.2) is 0 Å². The lowest BCUT2D eigenvalue weighted by atomic mass is 10.2. The maximum atomic E-state index is 4.38. The average molecular weight is 167 g/mol. The van der Waals surface area contributed by atoms with Gasteiger partial charge in [-0.3, -0.25) is 4.68 Å². The largest absolute Gasteiger partial charge is 0.375 e. The lowest BCUT2D eigenvalue weighted by molar-refractivity contribution is 0.710. The Kier molecular flexibility index (Phi) is 2.40. The summed E-state index contributed by atoms with van der Waals surface area (Å²) in [7, 11) is 6.12. The zero-order chi connectivity index (χ0) is 9.30. The van der Waals surface area contributed by atoms with Gasteiger partial charge in [0.15, 0.2) is 0 Å². The summed E-state index contributed by atoms with van der Waals surface area (Å²) in [4.78, 5) is 2.13. The second-order valence-corrected chi connectivity index (χ2v) is 3.25. The Labute approximate surface area is 74.0 Å². The Balaban J connectivity index is 3.23. The van der Waals surface area contributed by atoms with E-state index in [9.17, 15) is 0 Å². The van der Waals surface area contributed by atoms with Gasteiger partial charge in [-0.25, -0.2) is 0 Å². The zero-order valence-electron chi connectivity index (χ0n) is 8.55. The third kappa shape index (κ3) is 1.31. The summed E-state index contributed by atoms with van der Waals surface area (Å²) in [5, 5.41) is 4.38. The highest BCUT2D eigenvalue weighted by molar-refractivity contribution is 5.53. The van der Waals surface area contributed by atoms with Crippen molar-refractivity contribution in [1.29, 1.82) is 0 Å². The van der Waals surface area contributed by atoms with E-state index in [-0.39, 0.29) is 0 Å². The molecular formula is C9H17N3. The number of anilines is 1. The monoisotopic (exact) mass is 167 g/mol. The highest BCUT2D eigenvalue weighted by Crippen LogP contribution is 2.22. The third-order valence-corrected chi connectivity index (χ3v) is 2.09. The fourth-order valence-electron chi connectivity index (χ4n) is 1.67. The third-order valence-electron chi connectivity index (χ3n) is 2.09. The molecule has 0 aliphatic carbocycles. The highest BCUT2D eigenvalue weighted by Gasteiger charge is 2.12. The molecule has 3 heteroatoms. The summed E-state index contributed by atoms with van der Waals surface area (Å²) in [5.41, 5.74) is 3.68. The molecule has 1 heterocycles. The van der Waals surface area contributed by atoms with Crippen LogP contribution in [0.5, 0.6) is 0 Å². The van der Waals surface area contributed by atoms with Crippen LogP contribution in [-0.4, -0.2) is 23.9 Å². The molecule has 0 fully saturated rings. The first-order valence-corrected chi connectivity index (χ1v) is 4.27. The summed E-state index contributed by atoms with van der Waals surface area (Å²) in [5.74, 6) is 0. The van der Waals surface area contributed by atoms with E-state index in [1.54, 1.807) is 0 Å². The van der Waals surface area contributed by atoms with Crippen LogP contribution >= 0.6 is 0 Å². The van der Waals surface area contributed by atoms with E-state index in [0.717, 1.165) is 12.1 Å². The maximum Gasteiger partial charge on any atom is 0.0829 e. The van der Waals surface area contributed by atoms with Crippen molar-refractivity contribution in [1.82, 2.24) is 9.78 Å². The maximum absolute atomic E-state index is 4.38. The Morgan fingerprint density at radius 3 is 2.33 bits per heavy atom. The average Bonchev–Trinajstić information content (AvgIpc) is 2.24. The Hall–Kier alpha value is -0.990. The van der Waals surface area contributed by atoms with Crippen molar-refractivity contribution in [2.45, 2.75) is 20.3 Å². The van der Waals surface area contributed by atoms with Crippen LogP contribution in [0.1, 0.15) is 18.3 Å². The first kappa shape index (κ1) is 9.10. The van der Waals surface area contributed by atoms with Gasteiger partial charge in [-0.15, -0.1) is 0 Å². The van der Waals surface area contributed by atoms with Crippen molar-refractivity contribution in [3.8, 4) is 0 Å². The second-order valence-electron chi connectivity index (χ2n) is 3.25. The summed E-state index contributed by atoms with van der Waals surface area (Å²) in [6.45, 7) is 4.21. The molecule has 12 heavy (non-hydrogen) atoms. The predicted molar refractivity (Wildman–Crippen MR) is 51.7 cm³/mol. The van der Waals surface area contributed by atoms with Crippen molar-refractivity contribution >= 4 is 5.69 Å². The van der Waals surface area contributed by atoms with Crippen LogP contribution in [0.2, 0.25) is 0 Å². The van der Waals surface area contributed by atoms with Crippen LogP contribution in [-0.2, 0) is 13.5 Å². The number of rotatable bonds is 2. The van der Waals surface area contributed by atoms with E-state index in [4.69, 9.17) is 0 Å². The van der Waals surface area contributed by atoms with Gasteiger partial charge in [-0.1, -0.05) is 6.92 Å². The second kappa shape index (κ2) is 3.17. The summed E-state index contributed by atoms with van der Waals surface area (Å²) in [6, 6.07) is 0. The molecule has 0 saturated heterocycles. The topological polar surface area (TPSA) is 21.1 Å². The van der Waals surface area contributed by atoms with Crippen LogP contribution in [0, 0.1) is 6.92 Å². The number of hydrogen-bond donors (Lipinski definition) is 0. The van der Waals surface area contributed by atoms with Gasteiger partial charge in [-0.05, 0) is 13.3 Å². The number of aryl methyl sites for hydroxylation is 2. The molecule has 0 aliphatic heterocycles. The first-order valence-electron chi connectivity index (χ1n) is 4.27. The van der Waals surface area contributed by atoms with E-state index < -0.39 is 0 Å². The molecule has 0 bridgehead atoms. The van der Waals surface area contributed by atoms with Gasteiger partial charge in [0.05, 0.1) is 17.1 Å². The Morgan fingerprint density at radius 1 is 1.42 bits per heavy atom. The predicted octanol–water partition coefficient (Wildman–Crippen LogP) is 1.36. The molecule has 68 valence electrons. The molecular weight excluding hydrogens is 150 g/mol. The van der Waals surface area contributed by atoms with Gasteiger partial charge < -0.3 is 4.90 Å². The van der Waals surface area contributed by atoms with Gasteiger partial charge in [-0.2, -0.15) is 5.10 Å². The minimum Gasteiger partial charge on any atom is -0.375 e. The number of nitrogens with zero attached hydrogens (tertiary/aromatic N) is 3. The van der Waals surface area contributed by atoms with Gasteiger partial charge >= 0.3 is 0 Å². The van der Waals surface area contributed by atoms with Crippen LogP contribution in [0.3, 0.4) is 0 Å². The van der Waals surface area contributed by atoms with Crippen molar-refractivity contribution < 1.29 is 0 Å². The van der Waals surface area contributed by atoms with E-state index in [0.29, 0.717) is 0 Å². The first-order chi connectivity index (χ1) is 5.57. The molecule has 0 aliphatic rings. The molecule has 0 amide bonds. The van der Waals surface area contributed by atoms with Crippen molar-refractivity contribution in [2.75, 3.05) is 19.0 Å². The summed E-state index contributed by atoms with van der Waals surface area (Å²) in [6.07, 6.45) is 1.03. The van der Waals surface area contributed by atoms with Crippen molar-refractivity contribution in [2.24, 2.45) is 7.05 Å². The quantitative estimate of drug-likeness (QED) is 0.663. The van der Waals surface area contributed by atoms with Crippen molar-refractivity contribution in [3.63, 3.8) is 0 Å². The van der Waals surface area contributed by atoms with E-state index in [2.05, 4.69) is 37.9 Å². The van der Waals surface area contributed by atoms with Crippen LogP contribution in [0.4, 0.5) is 5.69 Å². The SMILES string of the molecule is CCc1c(N(C)C)c(C)nn1C. The molecule has 0 saturated carbocycles. The molecule has 0 spiro atoms. The Bertz CT molecular complexity index is 274. The van der Waals surface area contributed by atoms with Crippen LogP contribution < -0.4 is 4.90 Å². The van der Waals surface area contributed by atoms with Gasteiger partial charge in [0, 0.05) is 21.1 Å². The fourth-order valence-corrected chi connectivity index (χ4v) is 1.67. The molecule has 0 atom stereocenters. The minimum atomic E-state index is 1.03. The number of hydrogen-bond acceptors (Lipinski definition) is 2. The van der Waals surface area contributed by atoms with Gasteiger partial charge in [0.25, 0.3) is 0 Å². The minimum absolute atomic E-state index is 1.03. The smallest absolute Gasteiger partial charge is 0.0829 e. The molecule has 1 aromatic rings. The van der Waals surface area contributed by atoms with Crippen molar-refractivity contribution in [3.05, 3.63) is 11.4 Å². The molecule has 0 radical (unpaired) electrons. The molecule has 3 nitrogen and oxygen atoms in total. The van der Waals surface area contributed by atoms with E-state index >= 15 is 0 Å². The lowest BCUT2D eigenvalue weighted by Crippen LogP contribution is -2.11. The highest BCUT2D eigenvalue weighted by atomic mass is 15.3. The molecule has 1 rings (SSSR count). The van der Waals surface area contributed by atoms with Gasteiger partial charge in [0.1, 0.15) is 0 Å². The number of aromatic nitrogens is 2. The van der Waals surface area contributed by atoms with Gasteiger partial charge in [0.2, 0.25) is 0 Å². The van der Waals surface area contributed by atoms with Crippen LogP contribution in [0.25, 0.3) is 0 Å². The lowest BCUT2D eigenvalue weighted by Gasteiger charge is -2.13. The Morgan fingerprint density at radius 2 is 2.00 bits per heavy atom. The fraction of sp³-hybridized carbons (Fsp3) is 0.667. The normalized spacial score (nSPS) is 10.4. The summed E-state index contributed by atoms with van der Waals surface area (Å²) >= 11 is 0. The molecule has 0 aromatic carbocycles. The standard InChI is InChI=1S/C9H17N3/c1-6-8-9(11(3)4)7(2)10-12(8)5/h6H2,1-5H3. The molecule has 0 unspecified atom stereocenters. The summed E-state index contributed by atoms with van der Waals surface area (Å²) < 4.78 is 1.96. The van der Waals surface area contributed by atoms with E-state index in [1.807, 2.05) is 11.7 Å². The molecule has 0 N–H and O–H groups in total. The molecule has 1 aromatic heterocycles. The van der Waals surface area contributed by atoms with E-state index in [1.165, 1.54) is 11.4 Å². The zero-order valence-corrected chi connectivity index (χ0v) is 8.55.